The number of nitrogens with zero attached hydrogens (tertiary/aromatic N) is 2. The van der Waals surface area contributed by atoms with Crippen LogP contribution in [-0.2, 0) is 0 Å². The first-order valence-electron chi connectivity index (χ1n) is 7.72. The van der Waals surface area contributed by atoms with Crippen LogP contribution in [-0.4, -0.2) is 50.8 Å². The topological polar surface area (TPSA) is 3.24 Å². The SMILES string of the molecule is CC1CCC([I-][N+]2(C)CCN(C(C)C)CC2)CC1. The van der Waals surface area contributed by atoms with Crippen LogP contribution < -0.4 is 21.5 Å². The van der Waals surface area contributed by atoms with E-state index >= 15 is 0 Å². The average Bonchev–Trinajstić information content (AvgIpc) is 2.32. The second-order valence-corrected chi connectivity index (χ2v) is 11.4. The molecule has 0 aromatic rings. The summed E-state index contributed by atoms with van der Waals surface area (Å²) in [6, 6.07) is 0.743. The van der Waals surface area contributed by atoms with Crippen molar-refractivity contribution in [2.75, 3.05) is 33.2 Å². The summed E-state index contributed by atoms with van der Waals surface area (Å²) in [5.41, 5.74) is 0. The zero-order valence-corrected chi connectivity index (χ0v) is 14.8. The minimum atomic E-state index is 0.351. The Morgan fingerprint density at radius 3 is 2.11 bits per heavy atom. The summed E-state index contributed by atoms with van der Waals surface area (Å²) in [4.78, 5) is 2.66. The number of quaternary nitrogens is 1. The monoisotopic (exact) mass is 366 g/mol. The van der Waals surface area contributed by atoms with E-state index < -0.39 is 0 Å². The number of piperazine rings is 1. The first-order valence-corrected chi connectivity index (χ1v) is 9.93. The summed E-state index contributed by atoms with van der Waals surface area (Å²) in [5, 5.41) is 0. The minimum absolute atomic E-state index is 0.351. The van der Waals surface area contributed by atoms with Crippen molar-refractivity contribution in [3.05, 3.63) is 0 Å². The molecule has 2 fully saturated rings. The Morgan fingerprint density at radius 2 is 1.61 bits per heavy atom. The summed E-state index contributed by atoms with van der Waals surface area (Å²) in [7, 11) is 2.54. The van der Waals surface area contributed by atoms with Crippen molar-refractivity contribution in [2.45, 2.75) is 56.4 Å². The van der Waals surface area contributed by atoms with Gasteiger partial charge in [-0.25, -0.2) is 0 Å². The van der Waals surface area contributed by atoms with Gasteiger partial charge in [-0.3, -0.25) is 0 Å². The molecule has 0 unspecified atom stereocenters. The fraction of sp³-hybridized carbons (Fsp3) is 1.00. The van der Waals surface area contributed by atoms with Crippen LogP contribution in [0.3, 0.4) is 0 Å². The van der Waals surface area contributed by atoms with Gasteiger partial charge in [0.15, 0.2) is 0 Å². The number of halogens is 1. The van der Waals surface area contributed by atoms with Crippen molar-refractivity contribution >= 4 is 0 Å². The van der Waals surface area contributed by atoms with Gasteiger partial charge in [-0.2, -0.15) is 0 Å². The molecule has 1 heterocycles. The second kappa shape index (κ2) is 6.40. The quantitative estimate of drug-likeness (QED) is 0.378. The average molecular weight is 366 g/mol. The van der Waals surface area contributed by atoms with Crippen LogP contribution in [0.2, 0.25) is 0 Å². The third-order valence-corrected chi connectivity index (χ3v) is 9.10. The first kappa shape index (κ1) is 15.0. The first-order chi connectivity index (χ1) is 8.48. The number of alkyl halides is 1. The van der Waals surface area contributed by atoms with Gasteiger partial charge < -0.3 is 0 Å². The molecule has 1 saturated carbocycles. The second-order valence-electron chi connectivity index (χ2n) is 6.80. The van der Waals surface area contributed by atoms with Crippen molar-refractivity contribution < 1.29 is 24.2 Å². The predicted octanol–water partition coefficient (Wildman–Crippen LogP) is -0.260. The van der Waals surface area contributed by atoms with Crippen LogP contribution in [0.1, 0.15) is 46.5 Å². The molecule has 0 aromatic heterocycles. The van der Waals surface area contributed by atoms with E-state index in [2.05, 4.69) is 32.7 Å². The van der Waals surface area contributed by atoms with E-state index in [-0.39, 0.29) is 0 Å². The Bertz CT molecular complexity index is 251. The zero-order valence-electron chi connectivity index (χ0n) is 12.7. The molecule has 0 amide bonds. The van der Waals surface area contributed by atoms with Gasteiger partial charge in [0, 0.05) is 0 Å². The number of hydrogen-bond donors (Lipinski definition) is 0. The molecule has 3 heteroatoms. The summed E-state index contributed by atoms with van der Waals surface area (Å²) >= 11 is 0.351. The molecule has 1 aliphatic heterocycles. The predicted molar refractivity (Wildman–Crippen MR) is 74.0 cm³/mol. The van der Waals surface area contributed by atoms with Crippen molar-refractivity contribution in [3.8, 4) is 0 Å². The summed E-state index contributed by atoms with van der Waals surface area (Å²) in [6.45, 7) is 12.6. The van der Waals surface area contributed by atoms with Gasteiger partial charge in [-0.15, -0.1) is 0 Å². The Hall–Kier alpha value is 0.650. The Balaban J connectivity index is 1.79. The zero-order chi connectivity index (χ0) is 13.2. The molecule has 2 aliphatic rings. The third-order valence-electron chi connectivity index (χ3n) is 4.76. The van der Waals surface area contributed by atoms with Crippen LogP contribution in [0.5, 0.6) is 0 Å². The van der Waals surface area contributed by atoms with Crippen LogP contribution in [0.15, 0.2) is 0 Å². The molecule has 18 heavy (non-hydrogen) atoms. The van der Waals surface area contributed by atoms with Crippen LogP contribution in [0.4, 0.5) is 0 Å². The van der Waals surface area contributed by atoms with Gasteiger partial charge in [0.05, 0.1) is 0 Å². The van der Waals surface area contributed by atoms with Gasteiger partial charge in [0.2, 0.25) is 0 Å². The summed E-state index contributed by atoms with van der Waals surface area (Å²) < 4.78 is 2.57. The Kier molecular flexibility index (Phi) is 5.35. The molecule has 2 nitrogen and oxygen atoms in total. The molecule has 0 N–H and O–H groups in total. The van der Waals surface area contributed by atoms with Crippen molar-refractivity contribution in [3.63, 3.8) is 0 Å². The summed E-state index contributed by atoms with van der Waals surface area (Å²) in [5.74, 6) is 1.01. The number of rotatable bonds is 3. The van der Waals surface area contributed by atoms with E-state index in [1.165, 1.54) is 54.6 Å². The Morgan fingerprint density at radius 1 is 1.06 bits per heavy atom. The van der Waals surface area contributed by atoms with E-state index in [4.69, 9.17) is 0 Å². The van der Waals surface area contributed by atoms with Gasteiger partial charge in [-0.05, 0) is 0 Å². The van der Waals surface area contributed by atoms with Crippen molar-refractivity contribution in [1.29, 1.82) is 0 Å². The molecule has 0 aromatic carbocycles. The molecule has 1 aliphatic carbocycles. The van der Waals surface area contributed by atoms with Crippen molar-refractivity contribution in [2.24, 2.45) is 5.92 Å². The molecule has 0 atom stereocenters. The molecule has 108 valence electrons. The molecule has 0 radical (unpaired) electrons. The van der Waals surface area contributed by atoms with Gasteiger partial charge in [-0.1, -0.05) is 0 Å². The van der Waals surface area contributed by atoms with E-state index in [9.17, 15) is 0 Å². The molecular formula is C15H31IN2. The maximum atomic E-state index is 2.66. The number of hydrogen-bond acceptors (Lipinski definition) is 1. The fourth-order valence-electron chi connectivity index (χ4n) is 3.16. The molecule has 2 rings (SSSR count). The van der Waals surface area contributed by atoms with Gasteiger partial charge in [0.25, 0.3) is 0 Å². The molecule has 0 bridgehead atoms. The third kappa shape index (κ3) is 4.07. The Labute approximate surface area is 124 Å². The summed E-state index contributed by atoms with van der Waals surface area (Å²) in [6.07, 6.45) is 6.08. The molecule has 0 spiro atoms. The number of likely N-dealkylation sites (N-methyl/N-ethyl adjacent to an activating group) is 1. The van der Waals surface area contributed by atoms with Gasteiger partial charge in [0.1, 0.15) is 0 Å². The van der Waals surface area contributed by atoms with E-state index in [0.717, 1.165) is 15.9 Å². The normalized spacial score (nSPS) is 34.1. The van der Waals surface area contributed by atoms with Gasteiger partial charge >= 0.3 is 125 Å². The maximum absolute atomic E-state index is 2.66. The standard InChI is InChI=1S/C15H31IN2/c1-13(2)17-9-11-18(4,12-10-17)16-15-7-5-14(3)6-8-15/h13-15H,5-12H2,1-4H3. The molecular weight excluding hydrogens is 335 g/mol. The van der Waals surface area contributed by atoms with E-state index in [1.54, 1.807) is 0 Å². The van der Waals surface area contributed by atoms with Crippen LogP contribution in [0, 0.1) is 5.92 Å². The fourth-order valence-corrected chi connectivity index (χ4v) is 7.33. The molecule has 1 saturated heterocycles. The van der Waals surface area contributed by atoms with Crippen LogP contribution >= 0.6 is 0 Å². The van der Waals surface area contributed by atoms with Crippen molar-refractivity contribution in [1.82, 2.24) is 4.90 Å². The van der Waals surface area contributed by atoms with E-state index in [0.29, 0.717) is 21.5 Å². The van der Waals surface area contributed by atoms with E-state index in [1.807, 2.05) is 0 Å². The van der Waals surface area contributed by atoms with Crippen LogP contribution in [0.25, 0.3) is 0 Å².